The highest BCUT2D eigenvalue weighted by molar-refractivity contribution is 5.49. The molecule has 1 N–H and O–H groups in total. The van der Waals surface area contributed by atoms with E-state index in [4.69, 9.17) is 14.2 Å². The van der Waals surface area contributed by atoms with Gasteiger partial charge < -0.3 is 19.3 Å². The summed E-state index contributed by atoms with van der Waals surface area (Å²) in [6.07, 6.45) is -4.91. The van der Waals surface area contributed by atoms with Crippen LogP contribution in [0.15, 0.2) is 42.5 Å². The fourth-order valence-corrected chi connectivity index (χ4v) is 3.01. The summed E-state index contributed by atoms with van der Waals surface area (Å²) in [7, 11) is 1.44. The third kappa shape index (κ3) is 3.19. The Bertz CT molecular complexity index is 1030. The van der Waals surface area contributed by atoms with Crippen LogP contribution in [-0.2, 0) is 12.6 Å². The molecule has 0 atom stereocenters. The molecule has 0 amide bonds. The van der Waals surface area contributed by atoms with Gasteiger partial charge in [-0.3, -0.25) is 0 Å². The van der Waals surface area contributed by atoms with Gasteiger partial charge in [-0.05, 0) is 29.8 Å². The minimum atomic E-state index is -4.73. The largest absolute Gasteiger partial charge is 0.497 e. The molecule has 9 heteroatoms. The van der Waals surface area contributed by atoms with Crippen molar-refractivity contribution in [1.82, 2.24) is 9.78 Å². The summed E-state index contributed by atoms with van der Waals surface area (Å²) in [4.78, 5) is 0. The van der Waals surface area contributed by atoms with E-state index in [2.05, 4.69) is 5.10 Å². The van der Waals surface area contributed by atoms with E-state index in [1.54, 1.807) is 30.3 Å². The molecule has 3 aromatic rings. The number of ether oxygens (including phenoxy) is 3. The first kappa shape index (κ1) is 18.0. The number of nitrogens with zero attached hydrogens (tertiary/aromatic N) is 2. The van der Waals surface area contributed by atoms with E-state index in [1.165, 1.54) is 19.2 Å². The van der Waals surface area contributed by atoms with Crippen LogP contribution in [0.4, 0.5) is 13.2 Å². The number of hydrogen-bond donors (Lipinski definition) is 1. The van der Waals surface area contributed by atoms with Crippen molar-refractivity contribution in [3.63, 3.8) is 0 Å². The van der Waals surface area contributed by atoms with Gasteiger partial charge in [0.15, 0.2) is 17.2 Å². The minimum Gasteiger partial charge on any atom is -0.497 e. The zero-order valence-electron chi connectivity index (χ0n) is 14.7. The number of aromatic hydroxyl groups is 1. The molecular weight excluding hydrogens is 377 g/mol. The van der Waals surface area contributed by atoms with Crippen molar-refractivity contribution in [2.24, 2.45) is 0 Å². The molecule has 4 rings (SSSR count). The van der Waals surface area contributed by atoms with Gasteiger partial charge in [0, 0.05) is 12.5 Å². The molecule has 28 heavy (non-hydrogen) atoms. The smallest absolute Gasteiger partial charge is 0.435 e. The SMILES string of the molecule is COc1cccc(-n2nc(C(F)(F)F)c(Cc3ccc4c(c3)OCO4)c2O)c1. The molecule has 146 valence electrons. The van der Waals surface area contributed by atoms with Gasteiger partial charge in [0.2, 0.25) is 12.7 Å². The minimum absolute atomic E-state index is 0.0611. The summed E-state index contributed by atoms with van der Waals surface area (Å²) in [6.45, 7) is 0.0611. The standard InChI is InChI=1S/C19H15F3N2O4/c1-26-13-4-2-3-12(9-13)24-18(25)14(17(23-24)19(20,21)22)7-11-5-6-15-16(8-11)28-10-27-15/h2-6,8-9,25H,7,10H2,1H3. The lowest BCUT2D eigenvalue weighted by Crippen LogP contribution is -2.10. The van der Waals surface area contributed by atoms with E-state index in [1.807, 2.05) is 0 Å². The molecular formula is C19H15F3N2O4. The summed E-state index contributed by atoms with van der Waals surface area (Å²) in [6, 6.07) is 11.1. The molecule has 2 heterocycles. The molecule has 0 aliphatic carbocycles. The molecule has 0 radical (unpaired) electrons. The molecule has 1 aromatic heterocycles. The summed E-state index contributed by atoms with van der Waals surface area (Å²) >= 11 is 0. The van der Waals surface area contributed by atoms with Crippen LogP contribution in [0.5, 0.6) is 23.1 Å². The van der Waals surface area contributed by atoms with Gasteiger partial charge >= 0.3 is 6.18 Å². The predicted octanol–water partition coefficient (Wildman–Crippen LogP) is 3.92. The first-order valence-electron chi connectivity index (χ1n) is 8.28. The highest BCUT2D eigenvalue weighted by Crippen LogP contribution is 2.39. The van der Waals surface area contributed by atoms with Crippen LogP contribution in [0.1, 0.15) is 16.8 Å². The van der Waals surface area contributed by atoms with Gasteiger partial charge in [-0.1, -0.05) is 12.1 Å². The van der Waals surface area contributed by atoms with Gasteiger partial charge in [-0.15, -0.1) is 0 Å². The van der Waals surface area contributed by atoms with Gasteiger partial charge in [0.25, 0.3) is 0 Å². The molecule has 0 fully saturated rings. The summed E-state index contributed by atoms with van der Waals surface area (Å²) < 4.78 is 57.1. The number of aromatic nitrogens is 2. The maximum absolute atomic E-state index is 13.6. The van der Waals surface area contributed by atoms with Crippen LogP contribution in [0, 0.1) is 0 Å². The van der Waals surface area contributed by atoms with Gasteiger partial charge in [-0.25, -0.2) is 4.68 Å². The number of alkyl halides is 3. The van der Waals surface area contributed by atoms with Crippen molar-refractivity contribution in [2.45, 2.75) is 12.6 Å². The number of halogens is 3. The lowest BCUT2D eigenvalue weighted by molar-refractivity contribution is -0.141. The zero-order chi connectivity index (χ0) is 19.9. The fraction of sp³-hybridized carbons (Fsp3) is 0.211. The summed E-state index contributed by atoms with van der Waals surface area (Å²) in [5.74, 6) is 0.818. The Morgan fingerprint density at radius 1 is 1.14 bits per heavy atom. The zero-order valence-corrected chi connectivity index (χ0v) is 14.7. The van der Waals surface area contributed by atoms with E-state index in [9.17, 15) is 18.3 Å². The molecule has 1 aliphatic rings. The second-order valence-electron chi connectivity index (χ2n) is 6.13. The molecule has 0 saturated carbocycles. The number of hydrogen-bond acceptors (Lipinski definition) is 5. The lowest BCUT2D eigenvalue weighted by Gasteiger charge is -2.07. The Labute approximate surface area is 157 Å². The van der Waals surface area contributed by atoms with E-state index in [-0.39, 0.29) is 24.5 Å². The Kier molecular flexibility index (Phi) is 4.29. The third-order valence-electron chi connectivity index (χ3n) is 4.34. The molecule has 6 nitrogen and oxygen atoms in total. The molecule has 1 aliphatic heterocycles. The Morgan fingerprint density at radius 2 is 1.93 bits per heavy atom. The number of methoxy groups -OCH3 is 1. The Morgan fingerprint density at radius 3 is 2.68 bits per heavy atom. The van der Waals surface area contributed by atoms with E-state index >= 15 is 0 Å². The highest BCUT2D eigenvalue weighted by Gasteiger charge is 2.39. The van der Waals surface area contributed by atoms with Crippen molar-refractivity contribution in [3.8, 4) is 28.8 Å². The molecule has 0 unspecified atom stereocenters. The average Bonchev–Trinajstić information content (AvgIpc) is 3.26. The molecule has 0 saturated heterocycles. The lowest BCUT2D eigenvalue weighted by atomic mass is 10.0. The van der Waals surface area contributed by atoms with Crippen molar-refractivity contribution >= 4 is 0 Å². The maximum Gasteiger partial charge on any atom is 0.435 e. The van der Waals surface area contributed by atoms with Crippen LogP contribution in [0.2, 0.25) is 0 Å². The molecule has 0 spiro atoms. The van der Waals surface area contributed by atoms with E-state index in [0.29, 0.717) is 22.8 Å². The number of rotatable bonds is 4. The van der Waals surface area contributed by atoms with Gasteiger partial charge in [0.05, 0.1) is 18.4 Å². The van der Waals surface area contributed by atoms with Crippen LogP contribution in [0.25, 0.3) is 5.69 Å². The maximum atomic E-state index is 13.6. The monoisotopic (exact) mass is 392 g/mol. The van der Waals surface area contributed by atoms with Gasteiger partial charge in [-0.2, -0.15) is 18.3 Å². The first-order chi connectivity index (χ1) is 13.4. The second kappa shape index (κ2) is 6.66. The number of benzene rings is 2. The van der Waals surface area contributed by atoms with Crippen LogP contribution >= 0.6 is 0 Å². The van der Waals surface area contributed by atoms with E-state index < -0.39 is 17.8 Å². The summed E-state index contributed by atoms with van der Waals surface area (Å²) in [5.41, 5.74) is -0.700. The molecule has 2 aromatic carbocycles. The van der Waals surface area contributed by atoms with Crippen molar-refractivity contribution < 1.29 is 32.5 Å². The van der Waals surface area contributed by atoms with Crippen molar-refractivity contribution in [1.29, 1.82) is 0 Å². The van der Waals surface area contributed by atoms with Crippen molar-refractivity contribution in [2.75, 3.05) is 13.9 Å². The third-order valence-corrected chi connectivity index (χ3v) is 4.34. The Hall–Kier alpha value is -3.36. The van der Waals surface area contributed by atoms with Crippen molar-refractivity contribution in [3.05, 3.63) is 59.3 Å². The van der Waals surface area contributed by atoms with Crippen LogP contribution < -0.4 is 14.2 Å². The van der Waals surface area contributed by atoms with E-state index in [0.717, 1.165) is 4.68 Å². The second-order valence-corrected chi connectivity index (χ2v) is 6.13. The first-order valence-corrected chi connectivity index (χ1v) is 8.28. The normalized spacial score (nSPS) is 13.0. The van der Waals surface area contributed by atoms with Gasteiger partial charge in [0.1, 0.15) is 5.75 Å². The average molecular weight is 392 g/mol. The topological polar surface area (TPSA) is 65.7 Å². The predicted molar refractivity (Wildman–Crippen MR) is 92.2 cm³/mol. The fourth-order valence-electron chi connectivity index (χ4n) is 3.01. The quantitative estimate of drug-likeness (QED) is 0.729. The summed E-state index contributed by atoms with van der Waals surface area (Å²) in [5, 5.41) is 14.2. The highest BCUT2D eigenvalue weighted by atomic mass is 19.4. The Balaban J connectivity index is 1.78. The van der Waals surface area contributed by atoms with Crippen LogP contribution in [-0.4, -0.2) is 28.8 Å². The number of fused-ring (bicyclic) bond motifs is 1. The van der Waals surface area contributed by atoms with Crippen LogP contribution in [0.3, 0.4) is 0 Å². The molecule has 0 bridgehead atoms.